The van der Waals surface area contributed by atoms with Gasteiger partial charge in [0, 0.05) is 13.2 Å². The summed E-state index contributed by atoms with van der Waals surface area (Å²) in [7, 11) is 0. The molecule has 5 heteroatoms. The molecule has 1 aromatic carbocycles. The number of hydrogen-bond donors (Lipinski definition) is 1. The highest BCUT2D eigenvalue weighted by Crippen LogP contribution is 2.32. The summed E-state index contributed by atoms with van der Waals surface area (Å²) in [5.74, 6) is -0.0632. The molecule has 0 spiro atoms. The zero-order chi connectivity index (χ0) is 13.8. The highest BCUT2D eigenvalue weighted by atomic mass is 32.2. The fraction of sp³-hybridized carbons (Fsp3) is 0.286. The summed E-state index contributed by atoms with van der Waals surface area (Å²) in [4.78, 5) is 14.4. The Bertz CT molecular complexity index is 540. The van der Waals surface area contributed by atoms with Gasteiger partial charge in [0.05, 0.1) is 4.91 Å². The lowest BCUT2D eigenvalue weighted by Gasteiger charge is -2.12. The van der Waals surface area contributed by atoms with E-state index < -0.39 is 0 Å². The van der Waals surface area contributed by atoms with Gasteiger partial charge >= 0.3 is 0 Å². The van der Waals surface area contributed by atoms with Crippen LogP contribution in [0.5, 0.6) is 0 Å². The maximum Gasteiger partial charge on any atom is 0.266 e. The molecule has 0 atom stereocenters. The van der Waals surface area contributed by atoms with Crippen LogP contribution in [0.3, 0.4) is 0 Å². The van der Waals surface area contributed by atoms with Crippen LogP contribution < -0.4 is 0 Å². The van der Waals surface area contributed by atoms with Gasteiger partial charge in [0.1, 0.15) is 4.32 Å². The number of aliphatic hydroxyl groups excluding tert-OH is 1. The summed E-state index contributed by atoms with van der Waals surface area (Å²) in [6, 6.07) is 7.92. The van der Waals surface area contributed by atoms with Crippen LogP contribution in [-0.4, -0.2) is 33.4 Å². The van der Waals surface area contributed by atoms with E-state index in [1.54, 1.807) is 4.90 Å². The molecule has 19 heavy (non-hydrogen) atoms. The van der Waals surface area contributed by atoms with E-state index in [9.17, 15) is 4.79 Å². The fourth-order valence-electron chi connectivity index (χ4n) is 1.81. The molecule has 3 nitrogen and oxygen atoms in total. The Morgan fingerprint density at radius 3 is 2.84 bits per heavy atom. The molecule has 1 aromatic rings. The van der Waals surface area contributed by atoms with Crippen molar-refractivity contribution >= 4 is 40.3 Å². The summed E-state index contributed by atoms with van der Waals surface area (Å²) >= 11 is 6.53. The normalized spacial score (nSPS) is 17.6. The topological polar surface area (TPSA) is 40.5 Å². The van der Waals surface area contributed by atoms with E-state index in [0.717, 1.165) is 11.1 Å². The molecule has 1 amide bonds. The zero-order valence-electron chi connectivity index (χ0n) is 10.6. The Kier molecular flexibility index (Phi) is 4.74. The molecule has 0 unspecified atom stereocenters. The first-order valence-electron chi connectivity index (χ1n) is 6.05. The van der Waals surface area contributed by atoms with Crippen LogP contribution in [0.1, 0.15) is 17.5 Å². The van der Waals surface area contributed by atoms with Gasteiger partial charge in [-0.05, 0) is 30.5 Å². The molecule has 1 heterocycles. The summed E-state index contributed by atoms with van der Waals surface area (Å²) in [6.45, 7) is 2.55. The van der Waals surface area contributed by atoms with Gasteiger partial charge in [-0.25, -0.2) is 0 Å². The number of nitrogens with zero attached hydrogens (tertiary/aromatic N) is 1. The predicted octanol–water partition coefficient (Wildman–Crippen LogP) is 2.58. The number of thiocarbonyl (C=S) groups is 1. The van der Waals surface area contributed by atoms with Crippen molar-refractivity contribution in [1.82, 2.24) is 4.90 Å². The predicted molar refractivity (Wildman–Crippen MR) is 82.8 cm³/mol. The number of carbonyl (C=O) groups is 1. The largest absolute Gasteiger partial charge is 0.396 e. The van der Waals surface area contributed by atoms with Crippen molar-refractivity contribution in [3.8, 4) is 0 Å². The van der Waals surface area contributed by atoms with E-state index in [4.69, 9.17) is 17.3 Å². The van der Waals surface area contributed by atoms with Crippen LogP contribution in [0.15, 0.2) is 29.2 Å². The lowest BCUT2D eigenvalue weighted by molar-refractivity contribution is -0.122. The van der Waals surface area contributed by atoms with Crippen molar-refractivity contribution < 1.29 is 9.90 Å². The number of carbonyl (C=O) groups excluding carboxylic acids is 1. The number of benzene rings is 1. The van der Waals surface area contributed by atoms with E-state index >= 15 is 0 Å². The Balaban J connectivity index is 2.21. The molecule has 0 radical (unpaired) electrons. The van der Waals surface area contributed by atoms with Crippen molar-refractivity contribution in [3.63, 3.8) is 0 Å². The molecule has 2 rings (SSSR count). The van der Waals surface area contributed by atoms with Crippen molar-refractivity contribution in [2.24, 2.45) is 0 Å². The number of aliphatic hydroxyl groups is 1. The van der Waals surface area contributed by atoms with Gasteiger partial charge in [-0.2, -0.15) is 0 Å². The minimum atomic E-state index is -0.0632. The summed E-state index contributed by atoms with van der Waals surface area (Å²) in [6.07, 6.45) is 2.43. The highest BCUT2D eigenvalue weighted by molar-refractivity contribution is 8.26. The molecule has 1 N–H and O–H groups in total. The fourth-order valence-corrected chi connectivity index (χ4v) is 3.11. The van der Waals surface area contributed by atoms with E-state index in [1.807, 2.05) is 37.3 Å². The maximum absolute atomic E-state index is 12.2. The zero-order valence-corrected chi connectivity index (χ0v) is 12.3. The molecular formula is C14H15NO2S2. The number of aryl methyl sites for hydroxylation is 1. The number of hydrogen-bond acceptors (Lipinski definition) is 4. The van der Waals surface area contributed by atoms with Gasteiger partial charge in [-0.3, -0.25) is 9.69 Å². The van der Waals surface area contributed by atoms with Crippen LogP contribution in [0.2, 0.25) is 0 Å². The van der Waals surface area contributed by atoms with E-state index in [2.05, 4.69) is 0 Å². The second kappa shape index (κ2) is 6.32. The minimum Gasteiger partial charge on any atom is -0.396 e. The molecule has 1 fully saturated rings. The Morgan fingerprint density at radius 1 is 1.42 bits per heavy atom. The Labute approximate surface area is 122 Å². The number of rotatable bonds is 4. The Morgan fingerprint density at radius 2 is 2.16 bits per heavy atom. The molecule has 0 saturated carbocycles. The molecule has 0 aromatic heterocycles. The van der Waals surface area contributed by atoms with Crippen LogP contribution in [-0.2, 0) is 4.79 Å². The molecule has 1 aliphatic rings. The molecule has 100 valence electrons. The van der Waals surface area contributed by atoms with Crippen molar-refractivity contribution in [1.29, 1.82) is 0 Å². The third-order valence-corrected chi connectivity index (χ3v) is 4.27. The highest BCUT2D eigenvalue weighted by Gasteiger charge is 2.31. The van der Waals surface area contributed by atoms with Gasteiger partial charge in [0.15, 0.2) is 0 Å². The first kappa shape index (κ1) is 14.2. The lowest BCUT2D eigenvalue weighted by Crippen LogP contribution is -2.29. The third-order valence-electron chi connectivity index (χ3n) is 2.89. The summed E-state index contributed by atoms with van der Waals surface area (Å²) < 4.78 is 0.568. The molecule has 1 aliphatic heterocycles. The number of amides is 1. The van der Waals surface area contributed by atoms with E-state index in [0.29, 0.717) is 22.2 Å². The van der Waals surface area contributed by atoms with Crippen LogP contribution in [0, 0.1) is 6.92 Å². The van der Waals surface area contributed by atoms with Crippen molar-refractivity contribution in [3.05, 3.63) is 40.3 Å². The average molecular weight is 293 g/mol. The third kappa shape index (κ3) is 3.23. The average Bonchev–Trinajstić information content (AvgIpc) is 2.65. The smallest absolute Gasteiger partial charge is 0.266 e. The number of thioether (sulfide) groups is 1. The summed E-state index contributed by atoms with van der Waals surface area (Å²) in [5, 5.41) is 8.83. The maximum atomic E-state index is 12.2. The van der Waals surface area contributed by atoms with E-state index in [1.165, 1.54) is 11.8 Å². The van der Waals surface area contributed by atoms with Gasteiger partial charge < -0.3 is 5.11 Å². The lowest BCUT2D eigenvalue weighted by atomic mass is 10.1. The van der Waals surface area contributed by atoms with Crippen LogP contribution in [0.25, 0.3) is 6.08 Å². The quantitative estimate of drug-likeness (QED) is 0.684. The van der Waals surface area contributed by atoms with E-state index in [-0.39, 0.29) is 12.5 Å². The van der Waals surface area contributed by atoms with Crippen LogP contribution in [0.4, 0.5) is 0 Å². The van der Waals surface area contributed by atoms with Crippen LogP contribution >= 0.6 is 24.0 Å². The van der Waals surface area contributed by atoms with Gasteiger partial charge in [0.2, 0.25) is 0 Å². The first-order chi connectivity index (χ1) is 9.13. The first-order valence-corrected chi connectivity index (χ1v) is 7.28. The molecule has 0 bridgehead atoms. The van der Waals surface area contributed by atoms with Crippen molar-refractivity contribution in [2.45, 2.75) is 13.3 Å². The van der Waals surface area contributed by atoms with Gasteiger partial charge in [-0.15, -0.1) is 0 Å². The SMILES string of the molecule is Cc1ccccc1/C=C1/SC(=S)N(CCCO)C1=O. The summed E-state index contributed by atoms with van der Waals surface area (Å²) in [5.41, 5.74) is 2.16. The van der Waals surface area contributed by atoms with Gasteiger partial charge in [0.25, 0.3) is 5.91 Å². The molecular weight excluding hydrogens is 278 g/mol. The molecule has 1 saturated heterocycles. The van der Waals surface area contributed by atoms with Gasteiger partial charge in [-0.1, -0.05) is 48.2 Å². The second-order valence-electron chi connectivity index (χ2n) is 4.27. The Hall–Kier alpha value is -1.17. The second-order valence-corrected chi connectivity index (χ2v) is 5.94. The standard InChI is InChI=1S/C14H15NO2S2/c1-10-5-2-3-6-11(10)9-12-13(17)15(7-4-8-16)14(18)19-12/h2-3,5-6,9,16H,4,7-8H2,1H3/b12-9+. The monoisotopic (exact) mass is 293 g/mol. The molecule has 0 aliphatic carbocycles. The minimum absolute atomic E-state index is 0.0632. The van der Waals surface area contributed by atoms with Crippen molar-refractivity contribution in [2.75, 3.05) is 13.2 Å².